The highest BCUT2D eigenvalue weighted by atomic mass is 32.1. The van der Waals surface area contributed by atoms with E-state index in [0.29, 0.717) is 4.90 Å². The van der Waals surface area contributed by atoms with E-state index in [1.807, 2.05) is 25.1 Å². The minimum absolute atomic E-state index is 0.109. The normalized spacial score (nSPS) is 10.8. The number of hydrogen-bond acceptors (Lipinski definition) is 3. The molecule has 0 saturated heterocycles. The van der Waals surface area contributed by atoms with Gasteiger partial charge in [0.05, 0.1) is 12.0 Å². The first-order valence-corrected chi connectivity index (χ1v) is 8.45. The maximum Gasteiger partial charge on any atom is 0.267 e. The predicted molar refractivity (Wildman–Crippen MR) is 96.6 cm³/mol. The van der Waals surface area contributed by atoms with Gasteiger partial charge in [0.15, 0.2) is 0 Å². The van der Waals surface area contributed by atoms with Crippen LogP contribution < -0.4 is 10.1 Å². The predicted octanol–water partition coefficient (Wildman–Crippen LogP) is 4.34. The molecule has 0 aliphatic rings. The molecular weight excluding hydrogens is 344 g/mol. The van der Waals surface area contributed by atoms with E-state index in [1.54, 1.807) is 13.1 Å². The molecule has 0 aliphatic carbocycles. The quantitative estimate of drug-likeness (QED) is 0.716. The molecule has 0 unspecified atom stereocenters. The molecule has 0 fully saturated rings. The lowest BCUT2D eigenvalue weighted by Gasteiger charge is -2.16. The van der Waals surface area contributed by atoms with E-state index in [1.165, 1.54) is 12.1 Å². The number of ether oxygens (including phenoxy) is 1. The fourth-order valence-electron chi connectivity index (χ4n) is 2.62. The van der Waals surface area contributed by atoms with E-state index in [0.717, 1.165) is 23.1 Å². The summed E-state index contributed by atoms with van der Waals surface area (Å²) in [6.45, 7) is 2.13. The first-order chi connectivity index (χ1) is 12.0. The van der Waals surface area contributed by atoms with Gasteiger partial charge in [-0.05, 0) is 41.3 Å². The van der Waals surface area contributed by atoms with Gasteiger partial charge in [-0.3, -0.25) is 4.79 Å². The molecule has 0 spiro atoms. The van der Waals surface area contributed by atoms with Crippen molar-refractivity contribution in [2.45, 2.75) is 37.7 Å². The molecule has 0 bridgehead atoms. The summed E-state index contributed by atoms with van der Waals surface area (Å²) >= 11 is 4.10. The second-order valence-corrected chi connectivity index (χ2v) is 6.09. The summed E-state index contributed by atoms with van der Waals surface area (Å²) in [5, 5.41) is 2.59. The minimum Gasteiger partial charge on any atom is -0.488 e. The molecule has 2 rings (SSSR count). The van der Waals surface area contributed by atoms with Crippen molar-refractivity contribution in [2.75, 3.05) is 7.05 Å². The van der Waals surface area contributed by atoms with Crippen LogP contribution in [0.25, 0.3) is 0 Å². The Labute approximate surface area is 151 Å². The first kappa shape index (κ1) is 19.2. The molecule has 3 nitrogen and oxygen atoms in total. The number of amides is 1. The lowest BCUT2D eigenvalue weighted by Crippen LogP contribution is -2.21. The van der Waals surface area contributed by atoms with Crippen LogP contribution in [0.3, 0.4) is 0 Å². The molecule has 1 amide bonds. The van der Waals surface area contributed by atoms with Crippen LogP contribution in [0, 0.1) is 0 Å². The monoisotopic (exact) mass is 365 g/mol. The van der Waals surface area contributed by atoms with Crippen molar-refractivity contribution in [1.29, 1.82) is 0 Å². The van der Waals surface area contributed by atoms with Crippen LogP contribution in [0.2, 0.25) is 0 Å². The van der Waals surface area contributed by atoms with Gasteiger partial charge in [0.1, 0.15) is 12.4 Å². The van der Waals surface area contributed by atoms with Gasteiger partial charge < -0.3 is 10.1 Å². The van der Waals surface area contributed by atoms with E-state index in [-0.39, 0.29) is 30.2 Å². The van der Waals surface area contributed by atoms with E-state index in [9.17, 15) is 13.6 Å². The highest BCUT2D eigenvalue weighted by molar-refractivity contribution is 7.80. The molecule has 2 aromatic carbocycles. The fraction of sp³-hybridized carbons (Fsp3) is 0.316. The number of aryl methyl sites for hydroxylation is 1. The third-order valence-corrected chi connectivity index (χ3v) is 4.26. The SMILES string of the molecule is CCc1cccc(CC(=O)NC)c1COc1ccc(S)cc1C(F)F. The van der Waals surface area contributed by atoms with Crippen LogP contribution in [-0.2, 0) is 24.2 Å². The maximum atomic E-state index is 13.2. The summed E-state index contributed by atoms with van der Waals surface area (Å²) in [7, 11) is 1.58. The number of thiol groups is 1. The van der Waals surface area contributed by atoms with Gasteiger partial charge in [0.2, 0.25) is 5.91 Å². The van der Waals surface area contributed by atoms with Crippen molar-refractivity contribution in [1.82, 2.24) is 5.32 Å². The summed E-state index contributed by atoms with van der Waals surface area (Å²) in [5.74, 6) is 0.0202. The Balaban J connectivity index is 2.30. The van der Waals surface area contributed by atoms with Crippen LogP contribution in [0.1, 0.15) is 35.6 Å². The van der Waals surface area contributed by atoms with Crippen LogP contribution in [0.15, 0.2) is 41.3 Å². The topological polar surface area (TPSA) is 38.3 Å². The summed E-state index contributed by atoms with van der Waals surface area (Å²) in [5.41, 5.74) is 2.55. The Hall–Kier alpha value is -2.08. The molecule has 25 heavy (non-hydrogen) atoms. The zero-order valence-electron chi connectivity index (χ0n) is 14.2. The number of carbonyl (C=O) groups is 1. The second-order valence-electron chi connectivity index (χ2n) is 5.57. The van der Waals surface area contributed by atoms with Gasteiger partial charge in [-0.1, -0.05) is 25.1 Å². The van der Waals surface area contributed by atoms with Crippen LogP contribution in [-0.4, -0.2) is 13.0 Å². The van der Waals surface area contributed by atoms with Crippen LogP contribution >= 0.6 is 12.6 Å². The van der Waals surface area contributed by atoms with Crippen molar-refractivity contribution >= 4 is 18.5 Å². The lowest BCUT2D eigenvalue weighted by atomic mass is 9.97. The van der Waals surface area contributed by atoms with E-state index in [2.05, 4.69) is 17.9 Å². The van der Waals surface area contributed by atoms with Crippen molar-refractivity contribution in [2.24, 2.45) is 0 Å². The average molecular weight is 365 g/mol. The summed E-state index contributed by atoms with van der Waals surface area (Å²) in [4.78, 5) is 12.2. The largest absolute Gasteiger partial charge is 0.488 e. The summed E-state index contributed by atoms with van der Waals surface area (Å²) in [6.07, 6.45) is -1.66. The highest BCUT2D eigenvalue weighted by Gasteiger charge is 2.16. The second kappa shape index (κ2) is 8.85. The number of rotatable bonds is 7. The number of hydrogen-bond donors (Lipinski definition) is 2. The zero-order chi connectivity index (χ0) is 18.4. The van der Waals surface area contributed by atoms with Crippen LogP contribution in [0.4, 0.5) is 8.78 Å². The number of carbonyl (C=O) groups excluding carboxylic acids is 1. The highest BCUT2D eigenvalue weighted by Crippen LogP contribution is 2.32. The number of nitrogens with one attached hydrogen (secondary N) is 1. The maximum absolute atomic E-state index is 13.2. The van der Waals surface area contributed by atoms with Gasteiger partial charge in [-0.25, -0.2) is 8.78 Å². The molecule has 0 saturated carbocycles. The van der Waals surface area contributed by atoms with Crippen molar-refractivity contribution < 1.29 is 18.3 Å². The molecule has 134 valence electrons. The van der Waals surface area contributed by atoms with E-state index < -0.39 is 6.43 Å². The average Bonchev–Trinajstić information content (AvgIpc) is 2.60. The Kier molecular flexibility index (Phi) is 6.82. The molecule has 0 atom stereocenters. The molecule has 2 aromatic rings. The molecule has 0 aromatic heterocycles. The summed E-state index contributed by atoms with van der Waals surface area (Å²) in [6, 6.07) is 10.1. The van der Waals surface area contributed by atoms with Crippen LogP contribution in [0.5, 0.6) is 5.75 Å². The van der Waals surface area contributed by atoms with Gasteiger partial charge in [0, 0.05) is 11.9 Å². The van der Waals surface area contributed by atoms with Gasteiger partial charge in [0.25, 0.3) is 6.43 Å². The number of halogens is 2. The fourth-order valence-corrected chi connectivity index (χ4v) is 2.83. The molecule has 0 radical (unpaired) electrons. The van der Waals surface area contributed by atoms with Gasteiger partial charge >= 0.3 is 0 Å². The van der Waals surface area contributed by atoms with Gasteiger partial charge in [-0.2, -0.15) is 0 Å². The standard InChI is InChI=1S/C19H21F2NO2S/c1-3-12-5-4-6-13(9-18(23)22-2)16(12)11-24-17-8-7-14(25)10-15(17)19(20)21/h4-8,10,19,25H,3,9,11H2,1-2H3,(H,22,23). The van der Waals surface area contributed by atoms with Crippen molar-refractivity contribution in [3.63, 3.8) is 0 Å². The van der Waals surface area contributed by atoms with Gasteiger partial charge in [-0.15, -0.1) is 12.6 Å². The first-order valence-electron chi connectivity index (χ1n) is 8.00. The smallest absolute Gasteiger partial charge is 0.267 e. The third-order valence-electron chi connectivity index (χ3n) is 3.98. The van der Waals surface area contributed by atoms with E-state index in [4.69, 9.17) is 4.74 Å². The molecular formula is C19H21F2NO2S. The van der Waals surface area contributed by atoms with E-state index >= 15 is 0 Å². The molecule has 0 aliphatic heterocycles. The Bertz CT molecular complexity index is 750. The molecule has 6 heteroatoms. The Morgan fingerprint density at radius 2 is 1.96 bits per heavy atom. The summed E-state index contributed by atoms with van der Waals surface area (Å²) < 4.78 is 32.1. The number of likely N-dealkylation sites (N-methyl/N-ethyl adjacent to an activating group) is 1. The number of benzene rings is 2. The molecule has 0 heterocycles. The lowest BCUT2D eigenvalue weighted by molar-refractivity contribution is -0.119. The third kappa shape index (κ3) is 4.95. The van der Waals surface area contributed by atoms with Crippen molar-refractivity contribution in [3.05, 3.63) is 58.7 Å². The Morgan fingerprint density at radius 1 is 1.24 bits per heavy atom. The Morgan fingerprint density at radius 3 is 2.60 bits per heavy atom. The zero-order valence-corrected chi connectivity index (χ0v) is 15.1. The minimum atomic E-state index is -2.64. The number of alkyl halides is 2. The van der Waals surface area contributed by atoms with Crippen molar-refractivity contribution in [3.8, 4) is 5.75 Å². The molecule has 1 N–H and O–H groups in total.